The van der Waals surface area contributed by atoms with Crippen LogP contribution in [0, 0.1) is 23.2 Å². The number of thioether (sulfide) groups is 1. The Kier molecular flexibility index (Phi) is 7.21. The van der Waals surface area contributed by atoms with Gasteiger partial charge in [-0.2, -0.15) is 11.8 Å². The molecule has 0 radical (unpaired) electrons. The molecule has 6 atom stereocenters. The molecule has 3 aliphatic rings. The van der Waals surface area contributed by atoms with Gasteiger partial charge in [-0.1, -0.05) is 31.1 Å². The minimum atomic E-state index is -1.37. The van der Waals surface area contributed by atoms with Crippen molar-refractivity contribution >= 4 is 29.2 Å². The summed E-state index contributed by atoms with van der Waals surface area (Å²) in [4.78, 5) is 40.6. The average molecular weight is 448 g/mol. The quantitative estimate of drug-likeness (QED) is 0.507. The highest BCUT2D eigenvalue weighted by atomic mass is 32.2. The van der Waals surface area contributed by atoms with Gasteiger partial charge in [-0.3, -0.25) is 14.4 Å². The molecule has 1 saturated heterocycles. The van der Waals surface area contributed by atoms with E-state index in [0.717, 1.165) is 36.0 Å². The fourth-order valence-electron chi connectivity index (χ4n) is 6.00. The van der Waals surface area contributed by atoms with Crippen molar-refractivity contribution in [1.29, 1.82) is 0 Å². The Morgan fingerprint density at radius 2 is 1.84 bits per heavy atom. The largest absolute Gasteiger partial charge is 0.388 e. The summed E-state index contributed by atoms with van der Waals surface area (Å²) in [7, 11) is 0. The second kappa shape index (κ2) is 9.22. The molecule has 1 aliphatic heterocycles. The molecule has 1 amide bonds. The summed E-state index contributed by atoms with van der Waals surface area (Å²) < 4.78 is 0. The Labute approximate surface area is 190 Å². The number of amides is 1. The van der Waals surface area contributed by atoms with Crippen LogP contribution in [0.25, 0.3) is 0 Å². The van der Waals surface area contributed by atoms with Crippen LogP contribution in [-0.4, -0.2) is 46.2 Å². The Balaban J connectivity index is 2.28. The van der Waals surface area contributed by atoms with Crippen molar-refractivity contribution in [3.05, 3.63) is 22.8 Å². The number of carbonyl (C=O) groups is 3. The summed E-state index contributed by atoms with van der Waals surface area (Å²) in [6.45, 7) is 10.1. The van der Waals surface area contributed by atoms with E-state index in [2.05, 4.69) is 19.2 Å². The number of aliphatic hydroxyl groups excluding tert-OH is 1. The summed E-state index contributed by atoms with van der Waals surface area (Å²) in [6, 6.07) is -0.154. The van der Waals surface area contributed by atoms with E-state index in [0.29, 0.717) is 12.3 Å². The molecule has 0 bridgehead atoms. The third-order valence-electron chi connectivity index (χ3n) is 7.60. The van der Waals surface area contributed by atoms with E-state index in [9.17, 15) is 19.5 Å². The van der Waals surface area contributed by atoms with Crippen LogP contribution in [0.1, 0.15) is 66.7 Å². The maximum absolute atomic E-state index is 14.2. The molecule has 5 nitrogen and oxygen atoms in total. The third kappa shape index (κ3) is 4.06. The molecular weight excluding hydrogens is 410 g/mol. The summed E-state index contributed by atoms with van der Waals surface area (Å²) in [5, 5.41) is 13.9. The molecule has 2 N–H and O–H groups in total. The molecule has 1 spiro atoms. The van der Waals surface area contributed by atoms with E-state index in [1.165, 1.54) is 11.8 Å². The van der Waals surface area contributed by atoms with Gasteiger partial charge in [0.2, 0.25) is 5.91 Å². The molecular formula is C25H37NO4S. The lowest BCUT2D eigenvalue weighted by atomic mass is 9.54. The van der Waals surface area contributed by atoms with Gasteiger partial charge in [-0.05, 0) is 57.8 Å². The van der Waals surface area contributed by atoms with Gasteiger partial charge >= 0.3 is 0 Å². The van der Waals surface area contributed by atoms with Crippen molar-refractivity contribution in [3.8, 4) is 0 Å². The first-order valence-electron chi connectivity index (χ1n) is 11.5. The number of aliphatic hydroxyl groups is 1. The van der Waals surface area contributed by atoms with Crippen LogP contribution in [0.2, 0.25) is 0 Å². The van der Waals surface area contributed by atoms with E-state index >= 15 is 0 Å². The highest BCUT2D eigenvalue weighted by Crippen LogP contribution is 2.56. The van der Waals surface area contributed by atoms with Crippen molar-refractivity contribution in [1.82, 2.24) is 5.32 Å². The van der Waals surface area contributed by atoms with E-state index in [1.807, 2.05) is 33.1 Å². The van der Waals surface area contributed by atoms with Crippen molar-refractivity contribution in [2.24, 2.45) is 23.2 Å². The van der Waals surface area contributed by atoms with Gasteiger partial charge in [0.1, 0.15) is 11.2 Å². The van der Waals surface area contributed by atoms with E-state index < -0.39 is 22.7 Å². The topological polar surface area (TPSA) is 83.5 Å². The molecule has 0 aromatic rings. The number of ketones is 2. The van der Waals surface area contributed by atoms with Gasteiger partial charge in [0, 0.05) is 30.7 Å². The molecule has 0 aromatic heterocycles. The number of hydrogen-bond acceptors (Lipinski definition) is 5. The maximum Gasteiger partial charge on any atom is 0.235 e. The van der Waals surface area contributed by atoms with Crippen LogP contribution in [0.15, 0.2) is 22.8 Å². The predicted octanol–water partition coefficient (Wildman–Crippen LogP) is 3.85. The van der Waals surface area contributed by atoms with Crippen molar-refractivity contribution < 1.29 is 19.5 Å². The zero-order valence-corrected chi connectivity index (χ0v) is 20.5. The first-order valence-corrected chi connectivity index (χ1v) is 12.8. The summed E-state index contributed by atoms with van der Waals surface area (Å²) in [5.41, 5.74) is 1.45. The van der Waals surface area contributed by atoms with Crippen LogP contribution >= 0.6 is 11.8 Å². The van der Waals surface area contributed by atoms with Gasteiger partial charge in [-0.15, -0.1) is 0 Å². The zero-order valence-electron chi connectivity index (χ0n) is 19.7. The SMILES string of the molecule is CS[C@@H]1CC(=O)CCC/C(C)=C/[C@H]2[C@H](O)C(C)=C(C)[C@H]3[C@H](CC(C)C)NC(=O)[C@@]23C1=O. The van der Waals surface area contributed by atoms with Crippen LogP contribution in [0.4, 0.5) is 0 Å². The van der Waals surface area contributed by atoms with E-state index in [1.54, 1.807) is 0 Å². The molecule has 2 aliphatic carbocycles. The lowest BCUT2D eigenvalue weighted by Gasteiger charge is -2.47. The molecule has 1 fully saturated rings. The normalized spacial score (nSPS) is 38.9. The average Bonchev–Trinajstić information content (AvgIpc) is 2.97. The van der Waals surface area contributed by atoms with Crippen LogP contribution in [0.5, 0.6) is 0 Å². The maximum atomic E-state index is 14.2. The molecule has 0 saturated carbocycles. The lowest BCUT2D eigenvalue weighted by Crippen LogP contribution is -2.58. The second-order valence-electron chi connectivity index (χ2n) is 10.1. The predicted molar refractivity (Wildman–Crippen MR) is 125 cm³/mol. The fraction of sp³-hybridized carbons (Fsp3) is 0.720. The van der Waals surface area contributed by atoms with Crippen LogP contribution in [0.3, 0.4) is 0 Å². The molecule has 0 aromatic carbocycles. The molecule has 0 unspecified atom stereocenters. The molecule has 3 rings (SSSR count). The monoisotopic (exact) mass is 447 g/mol. The van der Waals surface area contributed by atoms with Gasteiger partial charge in [0.25, 0.3) is 0 Å². The summed E-state index contributed by atoms with van der Waals surface area (Å²) in [5.74, 6) is -0.967. The van der Waals surface area contributed by atoms with Crippen molar-refractivity contribution in [2.45, 2.75) is 84.1 Å². The second-order valence-corrected chi connectivity index (χ2v) is 11.1. The highest BCUT2D eigenvalue weighted by Gasteiger charge is 2.67. The number of carbonyl (C=O) groups excluding carboxylic acids is 3. The first kappa shape index (κ1) is 24.2. The number of rotatable bonds is 3. The molecule has 6 heteroatoms. The zero-order chi connectivity index (χ0) is 23.1. The van der Waals surface area contributed by atoms with E-state index in [4.69, 9.17) is 0 Å². The Morgan fingerprint density at radius 1 is 1.16 bits per heavy atom. The first-order chi connectivity index (χ1) is 14.5. The van der Waals surface area contributed by atoms with Crippen LogP contribution in [-0.2, 0) is 14.4 Å². The smallest absolute Gasteiger partial charge is 0.235 e. The lowest BCUT2D eigenvalue weighted by molar-refractivity contribution is -0.148. The number of hydrogen-bond donors (Lipinski definition) is 2. The van der Waals surface area contributed by atoms with Crippen molar-refractivity contribution in [3.63, 3.8) is 0 Å². The van der Waals surface area contributed by atoms with Gasteiger partial charge < -0.3 is 10.4 Å². The summed E-state index contributed by atoms with van der Waals surface area (Å²) in [6.07, 6.45) is 5.73. The standard InChI is InChI=1S/C25H37NO4S/c1-13(2)10-19-21-15(4)16(5)22(28)18-11-14(3)8-7-9-17(27)12-20(31-6)23(29)25(18,21)24(30)26-19/h11,13,18-22,28H,7-10,12H2,1-6H3,(H,26,30)/b14-11+/t18-,19-,20+,21-,22+,25-/m0/s1. The van der Waals surface area contributed by atoms with E-state index in [-0.39, 0.29) is 35.9 Å². The van der Waals surface area contributed by atoms with Crippen LogP contribution < -0.4 is 5.32 Å². The number of Topliss-reactive ketones (excluding diaryl/α,β-unsaturated/α-hetero) is 2. The minimum Gasteiger partial charge on any atom is -0.388 e. The number of nitrogens with one attached hydrogen (secondary N) is 1. The Bertz CT molecular complexity index is 829. The molecule has 172 valence electrons. The van der Waals surface area contributed by atoms with Gasteiger partial charge in [0.05, 0.1) is 11.4 Å². The Morgan fingerprint density at radius 3 is 2.45 bits per heavy atom. The highest BCUT2D eigenvalue weighted by molar-refractivity contribution is 8.00. The third-order valence-corrected chi connectivity index (χ3v) is 8.55. The van der Waals surface area contributed by atoms with Gasteiger partial charge in [-0.25, -0.2) is 0 Å². The fourth-order valence-corrected chi connectivity index (χ4v) is 6.76. The Hall–Kier alpha value is -1.40. The molecule has 1 heterocycles. The van der Waals surface area contributed by atoms with Crippen molar-refractivity contribution in [2.75, 3.05) is 6.26 Å². The summed E-state index contributed by atoms with van der Waals surface area (Å²) >= 11 is 1.35. The number of allylic oxidation sites excluding steroid dienone is 1. The molecule has 31 heavy (non-hydrogen) atoms. The van der Waals surface area contributed by atoms with Gasteiger partial charge in [0.15, 0.2) is 5.78 Å². The minimum absolute atomic E-state index is 0.0730.